The van der Waals surface area contributed by atoms with Gasteiger partial charge in [0.2, 0.25) is 15.3 Å². The quantitative estimate of drug-likeness (QED) is 0.595. The van der Waals surface area contributed by atoms with Crippen LogP contribution >= 0.6 is 0 Å². The molecule has 0 saturated carbocycles. The summed E-state index contributed by atoms with van der Waals surface area (Å²) >= 11 is 0. The molecule has 4 rings (SSSR count). The molecule has 0 aliphatic carbocycles. The number of halogens is 1. The first-order chi connectivity index (χ1) is 14.7. The molecule has 5 nitrogen and oxygen atoms in total. The Labute approximate surface area is 182 Å². The van der Waals surface area contributed by atoms with Crippen molar-refractivity contribution in [2.24, 2.45) is 5.92 Å². The molecule has 1 saturated heterocycles. The third-order valence-corrected chi connectivity index (χ3v) is 7.84. The highest BCUT2D eigenvalue weighted by molar-refractivity contribution is 7.91. The second-order valence-electron chi connectivity index (χ2n) is 8.44. The average Bonchev–Trinajstić information content (AvgIpc) is 2.74. The Kier molecular flexibility index (Phi) is 5.64. The Morgan fingerprint density at radius 3 is 2.52 bits per heavy atom. The molecule has 3 aromatic rings. The van der Waals surface area contributed by atoms with E-state index in [-0.39, 0.29) is 15.2 Å². The van der Waals surface area contributed by atoms with Gasteiger partial charge in [0, 0.05) is 25.8 Å². The predicted molar refractivity (Wildman–Crippen MR) is 121 cm³/mol. The molecule has 0 bridgehead atoms. The van der Waals surface area contributed by atoms with Gasteiger partial charge < -0.3 is 9.47 Å². The number of piperidine rings is 1. The summed E-state index contributed by atoms with van der Waals surface area (Å²) in [5.74, 6) is -0.0227. The second-order valence-corrected chi connectivity index (χ2v) is 10.4. The summed E-state index contributed by atoms with van der Waals surface area (Å²) in [6.07, 6.45) is 3.50. The summed E-state index contributed by atoms with van der Waals surface area (Å²) in [6, 6.07) is 9.26. The summed E-state index contributed by atoms with van der Waals surface area (Å²) in [6.45, 7) is 7.86. The van der Waals surface area contributed by atoms with Crippen molar-refractivity contribution in [3.63, 3.8) is 0 Å². The zero-order chi connectivity index (χ0) is 22.3. The third-order valence-electron chi connectivity index (χ3n) is 6.08. The van der Waals surface area contributed by atoms with Crippen LogP contribution in [0.4, 0.5) is 10.1 Å². The van der Waals surface area contributed by atoms with Gasteiger partial charge >= 0.3 is 0 Å². The number of fused-ring (bicyclic) bond motifs is 1. The zero-order valence-electron chi connectivity index (χ0n) is 18.1. The molecule has 0 radical (unpaired) electrons. The highest BCUT2D eigenvalue weighted by Crippen LogP contribution is 2.30. The number of hydrogen-bond acceptors (Lipinski definition) is 4. The molecule has 7 heteroatoms. The van der Waals surface area contributed by atoms with Crippen molar-refractivity contribution < 1.29 is 12.8 Å². The number of aromatic nitrogens is 1. The van der Waals surface area contributed by atoms with Gasteiger partial charge in [-0.15, -0.1) is 0 Å². The van der Waals surface area contributed by atoms with E-state index in [1.165, 1.54) is 24.4 Å². The molecule has 2 aromatic carbocycles. The van der Waals surface area contributed by atoms with Gasteiger partial charge in [0.15, 0.2) is 0 Å². The minimum Gasteiger partial charge on any atom is -0.369 e. The number of hydrogen-bond donors (Lipinski definition) is 0. The van der Waals surface area contributed by atoms with Crippen LogP contribution in [0.3, 0.4) is 0 Å². The number of sulfone groups is 1. The smallest absolute Gasteiger partial charge is 0.211 e. The van der Waals surface area contributed by atoms with Crippen LogP contribution in [0.25, 0.3) is 10.9 Å². The standard InChI is InChI=1S/C24H27FN2O3S/c1-4-26-15-23(31(29,30)18-9-7-16(2)8-10-18)24(28)19-12-20(25)22(13-21(19)26)27-11-5-6-17(3)14-27/h7-10,12-13,15,17H,4-6,11,14H2,1-3H3. The van der Waals surface area contributed by atoms with Crippen LogP contribution in [0.1, 0.15) is 32.3 Å². The lowest BCUT2D eigenvalue weighted by Gasteiger charge is -2.33. The summed E-state index contributed by atoms with van der Waals surface area (Å²) in [7, 11) is -4.03. The van der Waals surface area contributed by atoms with Crippen LogP contribution in [0.15, 0.2) is 57.2 Å². The zero-order valence-corrected chi connectivity index (χ0v) is 18.9. The van der Waals surface area contributed by atoms with Gasteiger partial charge in [-0.1, -0.05) is 24.6 Å². The lowest BCUT2D eigenvalue weighted by atomic mass is 9.99. The van der Waals surface area contributed by atoms with Gasteiger partial charge in [-0.05, 0) is 56.9 Å². The van der Waals surface area contributed by atoms with Gasteiger partial charge in [0.25, 0.3) is 0 Å². The summed E-state index contributed by atoms with van der Waals surface area (Å²) < 4.78 is 43.2. The number of rotatable bonds is 4. The first-order valence-corrected chi connectivity index (χ1v) is 12.1. The Bertz CT molecular complexity index is 1300. The van der Waals surface area contributed by atoms with Gasteiger partial charge in [0.1, 0.15) is 10.7 Å². The molecule has 1 aromatic heterocycles. The maximum atomic E-state index is 15.1. The fourth-order valence-corrected chi connectivity index (χ4v) is 5.69. The topological polar surface area (TPSA) is 59.4 Å². The number of benzene rings is 2. The maximum Gasteiger partial charge on any atom is 0.211 e. The summed E-state index contributed by atoms with van der Waals surface area (Å²) in [5.41, 5.74) is 1.27. The van der Waals surface area contributed by atoms with Gasteiger partial charge in [-0.2, -0.15) is 0 Å². The van der Waals surface area contributed by atoms with E-state index in [0.29, 0.717) is 23.7 Å². The fourth-order valence-electron chi connectivity index (χ4n) is 4.32. The predicted octanol–water partition coefficient (Wildman–Crippen LogP) is 4.54. The largest absolute Gasteiger partial charge is 0.369 e. The van der Waals surface area contributed by atoms with Crippen molar-refractivity contribution in [2.45, 2.75) is 49.9 Å². The van der Waals surface area contributed by atoms with Crippen LogP contribution in [0, 0.1) is 18.7 Å². The van der Waals surface area contributed by atoms with Crippen molar-refractivity contribution in [2.75, 3.05) is 18.0 Å². The Balaban J connectivity index is 1.91. The van der Waals surface area contributed by atoms with E-state index in [4.69, 9.17) is 0 Å². The molecule has 1 atom stereocenters. The molecule has 1 aliphatic heterocycles. The maximum absolute atomic E-state index is 15.1. The minimum atomic E-state index is -4.03. The molecular formula is C24H27FN2O3S. The monoisotopic (exact) mass is 442 g/mol. The Hall–Kier alpha value is -2.67. The molecule has 1 fully saturated rings. The molecule has 1 unspecified atom stereocenters. The van der Waals surface area contributed by atoms with E-state index < -0.39 is 21.1 Å². The molecule has 2 heterocycles. The second kappa shape index (κ2) is 8.11. The summed E-state index contributed by atoms with van der Waals surface area (Å²) in [5, 5.41) is 0.0846. The molecule has 0 N–H and O–H groups in total. The first-order valence-electron chi connectivity index (χ1n) is 10.7. The molecule has 31 heavy (non-hydrogen) atoms. The third kappa shape index (κ3) is 3.87. The van der Waals surface area contributed by atoms with Crippen LogP contribution in [-0.2, 0) is 16.4 Å². The Morgan fingerprint density at radius 2 is 1.87 bits per heavy atom. The lowest BCUT2D eigenvalue weighted by Crippen LogP contribution is -2.35. The van der Waals surface area contributed by atoms with Gasteiger partial charge in [-0.3, -0.25) is 4.79 Å². The van der Waals surface area contributed by atoms with Crippen LogP contribution in [-0.4, -0.2) is 26.1 Å². The molecule has 0 spiro atoms. The van der Waals surface area contributed by atoms with E-state index in [9.17, 15) is 13.2 Å². The van der Waals surface area contributed by atoms with Crippen molar-refractivity contribution in [1.29, 1.82) is 0 Å². The van der Waals surface area contributed by atoms with Gasteiger partial charge in [-0.25, -0.2) is 12.8 Å². The number of pyridine rings is 1. The molecule has 1 aliphatic rings. The molecule has 0 amide bonds. The highest BCUT2D eigenvalue weighted by atomic mass is 32.2. The fraction of sp³-hybridized carbons (Fsp3) is 0.375. The van der Waals surface area contributed by atoms with Crippen molar-refractivity contribution in [3.05, 3.63) is 64.2 Å². The van der Waals surface area contributed by atoms with Crippen LogP contribution in [0.2, 0.25) is 0 Å². The minimum absolute atomic E-state index is 0.0524. The van der Waals surface area contributed by atoms with Crippen LogP contribution in [0.5, 0.6) is 0 Å². The first kappa shape index (κ1) is 21.6. The van der Waals surface area contributed by atoms with E-state index in [1.54, 1.807) is 22.8 Å². The normalized spacial score (nSPS) is 17.3. The Morgan fingerprint density at radius 1 is 1.16 bits per heavy atom. The van der Waals surface area contributed by atoms with E-state index in [1.807, 2.05) is 18.7 Å². The van der Waals surface area contributed by atoms with Crippen molar-refractivity contribution in [1.82, 2.24) is 4.57 Å². The van der Waals surface area contributed by atoms with Crippen molar-refractivity contribution >= 4 is 26.4 Å². The number of anilines is 1. The van der Waals surface area contributed by atoms with Crippen LogP contribution < -0.4 is 10.3 Å². The van der Waals surface area contributed by atoms with E-state index in [2.05, 4.69) is 6.92 Å². The SMILES string of the molecule is CCn1cc(S(=O)(=O)c2ccc(C)cc2)c(=O)c2cc(F)c(N3CCCC(C)C3)cc21. The average molecular weight is 443 g/mol. The van der Waals surface area contributed by atoms with E-state index >= 15 is 4.39 Å². The van der Waals surface area contributed by atoms with Gasteiger partial charge in [0.05, 0.1) is 21.5 Å². The number of nitrogens with zero attached hydrogens (tertiary/aromatic N) is 2. The number of aryl methyl sites for hydroxylation is 2. The summed E-state index contributed by atoms with van der Waals surface area (Å²) in [4.78, 5) is 14.9. The highest BCUT2D eigenvalue weighted by Gasteiger charge is 2.26. The van der Waals surface area contributed by atoms with Crippen molar-refractivity contribution in [3.8, 4) is 0 Å². The molecule has 164 valence electrons. The molecular weight excluding hydrogens is 415 g/mol. The van der Waals surface area contributed by atoms with E-state index in [0.717, 1.165) is 31.5 Å². The lowest BCUT2D eigenvalue weighted by molar-refractivity contribution is 0.442.